The van der Waals surface area contributed by atoms with Crippen LogP contribution in [0.15, 0.2) is 37.5 Å². The minimum atomic E-state index is -0.488. The fourth-order valence-electron chi connectivity index (χ4n) is 0.514. The molecule has 0 aliphatic heterocycles. The molecule has 14 heavy (non-hydrogen) atoms. The summed E-state index contributed by atoms with van der Waals surface area (Å²) in [6.45, 7) is 6.73. The first-order valence-corrected chi connectivity index (χ1v) is 3.94. The first kappa shape index (κ1) is 12.2. The number of hydrogen-bond donors (Lipinski definition) is 0. The lowest BCUT2D eigenvalue weighted by atomic mass is 10.5. The summed E-state index contributed by atoms with van der Waals surface area (Å²) in [5, 5.41) is 0. The van der Waals surface area contributed by atoms with Gasteiger partial charge in [-0.3, -0.25) is 0 Å². The van der Waals surface area contributed by atoms with E-state index >= 15 is 0 Å². The maximum Gasteiger partial charge on any atom is 0.330 e. The molecule has 0 unspecified atom stereocenters. The van der Waals surface area contributed by atoms with Crippen LogP contribution in [0.4, 0.5) is 0 Å². The number of hydrogen-bond acceptors (Lipinski definition) is 4. The average molecular weight is 196 g/mol. The van der Waals surface area contributed by atoms with Crippen LogP contribution in [0.25, 0.3) is 0 Å². The topological polar surface area (TPSA) is 52.6 Å². The smallest absolute Gasteiger partial charge is 0.330 e. The van der Waals surface area contributed by atoms with Crippen LogP contribution in [0.1, 0.15) is 0 Å². The largest absolute Gasteiger partial charge is 0.458 e. The molecule has 0 N–H and O–H groups in total. The number of esters is 2. The van der Waals surface area contributed by atoms with Gasteiger partial charge >= 0.3 is 11.9 Å². The third kappa shape index (κ3) is 6.84. The molecule has 76 valence electrons. The van der Waals surface area contributed by atoms with Gasteiger partial charge in [-0.25, -0.2) is 9.59 Å². The molecule has 0 bridgehead atoms. The second-order valence-corrected chi connectivity index (χ2v) is 2.14. The molecule has 0 saturated heterocycles. The van der Waals surface area contributed by atoms with Crippen LogP contribution in [0, 0.1) is 0 Å². The Bertz CT molecular complexity index is 227. The molecule has 0 heterocycles. The first-order chi connectivity index (χ1) is 6.70. The zero-order chi connectivity index (χ0) is 10.8. The highest BCUT2D eigenvalue weighted by Gasteiger charge is 1.92. The van der Waals surface area contributed by atoms with E-state index < -0.39 is 11.9 Å². The summed E-state index contributed by atoms with van der Waals surface area (Å²) in [6.07, 6.45) is 5.28. The van der Waals surface area contributed by atoms with Crippen molar-refractivity contribution in [3.63, 3.8) is 0 Å². The van der Waals surface area contributed by atoms with Crippen molar-refractivity contribution in [1.29, 1.82) is 0 Å². The van der Waals surface area contributed by atoms with E-state index in [2.05, 4.69) is 22.6 Å². The van der Waals surface area contributed by atoms with Gasteiger partial charge in [-0.15, -0.1) is 0 Å². The number of ether oxygens (including phenoxy) is 2. The van der Waals surface area contributed by atoms with E-state index in [4.69, 9.17) is 0 Å². The molecule has 0 atom stereocenters. The van der Waals surface area contributed by atoms with Crippen molar-refractivity contribution in [2.45, 2.75) is 0 Å². The summed E-state index contributed by atoms with van der Waals surface area (Å²) in [5.74, 6) is -0.976. The van der Waals surface area contributed by atoms with Crippen LogP contribution in [0.2, 0.25) is 0 Å². The predicted molar refractivity (Wildman–Crippen MR) is 51.5 cm³/mol. The van der Waals surface area contributed by atoms with E-state index in [0.717, 1.165) is 12.2 Å². The number of carbonyl (C=O) groups excluding carboxylic acids is 2. The molecule has 0 saturated carbocycles. The van der Waals surface area contributed by atoms with Crippen molar-refractivity contribution in [3.8, 4) is 0 Å². The highest BCUT2D eigenvalue weighted by atomic mass is 16.5. The van der Waals surface area contributed by atoms with Crippen molar-refractivity contribution < 1.29 is 19.1 Å². The Morgan fingerprint density at radius 2 is 1.29 bits per heavy atom. The summed E-state index contributed by atoms with van der Waals surface area (Å²) in [5.41, 5.74) is 0. The Morgan fingerprint density at radius 3 is 1.57 bits per heavy atom. The monoisotopic (exact) mass is 196 g/mol. The van der Waals surface area contributed by atoms with E-state index in [9.17, 15) is 9.59 Å². The summed E-state index contributed by atoms with van der Waals surface area (Å²) in [7, 11) is 0. The Hall–Kier alpha value is -1.84. The van der Waals surface area contributed by atoms with E-state index in [1.54, 1.807) is 12.2 Å². The van der Waals surface area contributed by atoms with Gasteiger partial charge in [0.1, 0.15) is 13.2 Å². The van der Waals surface area contributed by atoms with Gasteiger partial charge in [0.2, 0.25) is 0 Å². The molecule has 0 aromatic carbocycles. The van der Waals surface area contributed by atoms with Gasteiger partial charge in [0.15, 0.2) is 0 Å². The van der Waals surface area contributed by atoms with E-state index in [-0.39, 0.29) is 13.2 Å². The van der Waals surface area contributed by atoms with Gasteiger partial charge in [-0.1, -0.05) is 13.2 Å². The van der Waals surface area contributed by atoms with Crippen LogP contribution in [-0.2, 0) is 19.1 Å². The van der Waals surface area contributed by atoms with Gasteiger partial charge in [0.25, 0.3) is 0 Å². The zero-order valence-corrected chi connectivity index (χ0v) is 7.77. The Kier molecular flexibility index (Phi) is 6.77. The highest BCUT2D eigenvalue weighted by molar-refractivity contribution is 5.81. The lowest BCUT2D eigenvalue weighted by Crippen LogP contribution is -2.01. The molecule has 0 fully saturated rings. The molecule has 0 aliphatic carbocycles. The van der Waals surface area contributed by atoms with Crippen molar-refractivity contribution >= 4 is 11.9 Å². The molecule has 0 radical (unpaired) electrons. The second kappa shape index (κ2) is 7.79. The molecule has 0 aromatic heterocycles. The van der Waals surface area contributed by atoms with E-state index in [0.29, 0.717) is 0 Å². The van der Waals surface area contributed by atoms with Gasteiger partial charge < -0.3 is 9.47 Å². The minimum absolute atomic E-state index is 0.135. The quantitative estimate of drug-likeness (QED) is 0.361. The summed E-state index contributed by atoms with van der Waals surface area (Å²) >= 11 is 0. The number of carbonyl (C=O) groups is 2. The average Bonchev–Trinajstić information content (AvgIpc) is 2.22. The highest BCUT2D eigenvalue weighted by Crippen LogP contribution is 1.84. The van der Waals surface area contributed by atoms with E-state index in [1.807, 2.05) is 0 Å². The van der Waals surface area contributed by atoms with Gasteiger partial charge in [-0.2, -0.15) is 0 Å². The summed E-state index contributed by atoms with van der Waals surface area (Å²) < 4.78 is 9.24. The standard InChI is InChI=1S/C10H12O4/c1-3-9(11)13-7-5-6-8-14-10(12)4-2/h3-6H,1-2,7-8H2. The Labute approximate surface area is 82.5 Å². The summed E-state index contributed by atoms with van der Waals surface area (Å²) in [6, 6.07) is 0. The fraction of sp³-hybridized carbons (Fsp3) is 0.200. The SMILES string of the molecule is C=CC(=O)OCC=CCOC(=O)C=C. The van der Waals surface area contributed by atoms with Crippen molar-refractivity contribution in [2.75, 3.05) is 13.2 Å². The van der Waals surface area contributed by atoms with Crippen LogP contribution in [0.5, 0.6) is 0 Å². The molecule has 4 nitrogen and oxygen atoms in total. The molecular formula is C10H12O4. The maximum atomic E-state index is 10.5. The lowest BCUT2D eigenvalue weighted by Gasteiger charge is -1.96. The molecular weight excluding hydrogens is 184 g/mol. The molecule has 0 amide bonds. The van der Waals surface area contributed by atoms with Crippen molar-refractivity contribution in [3.05, 3.63) is 37.5 Å². The first-order valence-electron chi connectivity index (χ1n) is 3.94. The van der Waals surface area contributed by atoms with Crippen molar-refractivity contribution in [2.24, 2.45) is 0 Å². The Balaban J connectivity index is 3.45. The van der Waals surface area contributed by atoms with Gasteiger partial charge in [0.05, 0.1) is 0 Å². The summed E-state index contributed by atoms with van der Waals surface area (Å²) in [4.78, 5) is 21.1. The number of rotatable bonds is 6. The van der Waals surface area contributed by atoms with Crippen LogP contribution in [-0.4, -0.2) is 25.2 Å². The lowest BCUT2D eigenvalue weighted by molar-refractivity contribution is -0.137. The third-order valence-electron chi connectivity index (χ3n) is 1.14. The molecule has 0 spiro atoms. The second-order valence-electron chi connectivity index (χ2n) is 2.14. The van der Waals surface area contributed by atoms with Gasteiger partial charge in [0, 0.05) is 12.2 Å². The predicted octanol–water partition coefficient (Wildman–Crippen LogP) is 1.00. The molecule has 4 heteroatoms. The van der Waals surface area contributed by atoms with Crippen LogP contribution < -0.4 is 0 Å². The fourth-order valence-corrected chi connectivity index (χ4v) is 0.514. The molecule has 0 aliphatic rings. The van der Waals surface area contributed by atoms with Crippen LogP contribution >= 0.6 is 0 Å². The zero-order valence-electron chi connectivity index (χ0n) is 7.77. The van der Waals surface area contributed by atoms with Crippen LogP contribution in [0.3, 0.4) is 0 Å². The minimum Gasteiger partial charge on any atom is -0.458 e. The molecule has 0 aromatic rings. The third-order valence-corrected chi connectivity index (χ3v) is 1.14. The normalized spacial score (nSPS) is 9.43. The van der Waals surface area contributed by atoms with E-state index in [1.165, 1.54) is 0 Å². The maximum absolute atomic E-state index is 10.5. The van der Waals surface area contributed by atoms with Crippen molar-refractivity contribution in [1.82, 2.24) is 0 Å². The Morgan fingerprint density at radius 1 is 0.929 bits per heavy atom. The van der Waals surface area contributed by atoms with Gasteiger partial charge in [-0.05, 0) is 12.2 Å². The molecule has 0 rings (SSSR count).